The van der Waals surface area contributed by atoms with Gasteiger partial charge in [0.15, 0.2) is 0 Å². The first-order valence-corrected chi connectivity index (χ1v) is 7.81. The van der Waals surface area contributed by atoms with Crippen LogP contribution in [0.4, 0.5) is 13.2 Å². The number of hydrogen-bond donors (Lipinski definition) is 1. The van der Waals surface area contributed by atoms with Crippen molar-refractivity contribution in [2.45, 2.75) is 36.7 Å². The van der Waals surface area contributed by atoms with E-state index in [4.69, 9.17) is 4.74 Å². The summed E-state index contributed by atoms with van der Waals surface area (Å²) in [5.41, 5.74) is -2.97. The third-order valence-electron chi connectivity index (χ3n) is 3.74. The first-order chi connectivity index (χ1) is 9.86. The molecule has 1 aromatic rings. The summed E-state index contributed by atoms with van der Waals surface area (Å²) in [6, 6.07) is 6.53. The Bertz CT molecular complexity index is 441. The molecule has 1 aliphatic rings. The third kappa shape index (κ3) is 5.88. The number of rotatable bonds is 5. The van der Waals surface area contributed by atoms with E-state index in [9.17, 15) is 13.2 Å². The Labute approximate surface area is 127 Å². The molecule has 118 valence electrons. The largest absolute Gasteiger partial charge is 0.446 e. The number of ether oxygens (including phenoxy) is 1. The number of nitrogens with one attached hydrogen (secondary N) is 1. The van der Waals surface area contributed by atoms with Gasteiger partial charge in [0, 0.05) is 31.2 Å². The zero-order valence-electron chi connectivity index (χ0n) is 12.0. The fraction of sp³-hybridized carbons (Fsp3) is 0.600. The molecule has 1 aliphatic heterocycles. The van der Waals surface area contributed by atoms with Crippen LogP contribution in [0.2, 0.25) is 0 Å². The van der Waals surface area contributed by atoms with Crippen LogP contribution in [0.3, 0.4) is 0 Å². The van der Waals surface area contributed by atoms with E-state index in [0.717, 1.165) is 38.2 Å². The van der Waals surface area contributed by atoms with Gasteiger partial charge >= 0.3 is 5.51 Å². The van der Waals surface area contributed by atoms with Crippen LogP contribution in [-0.4, -0.2) is 25.3 Å². The van der Waals surface area contributed by atoms with Crippen LogP contribution >= 0.6 is 11.8 Å². The number of thioether (sulfide) groups is 1. The average Bonchev–Trinajstić information content (AvgIpc) is 2.40. The molecule has 1 heterocycles. The van der Waals surface area contributed by atoms with Gasteiger partial charge in [0.1, 0.15) is 0 Å². The second-order valence-electron chi connectivity index (χ2n) is 5.72. The van der Waals surface area contributed by atoms with Crippen molar-refractivity contribution < 1.29 is 17.9 Å². The Hall–Kier alpha value is -0.720. The molecule has 2 rings (SSSR count). The molecular formula is C15H20F3NOS. The van der Waals surface area contributed by atoms with Gasteiger partial charge < -0.3 is 10.1 Å². The van der Waals surface area contributed by atoms with Crippen LogP contribution in [-0.2, 0) is 11.3 Å². The quantitative estimate of drug-likeness (QED) is 0.822. The van der Waals surface area contributed by atoms with Gasteiger partial charge in [-0.2, -0.15) is 13.2 Å². The number of hydrogen-bond acceptors (Lipinski definition) is 3. The molecule has 0 aromatic heterocycles. The lowest BCUT2D eigenvalue weighted by molar-refractivity contribution is -0.0328. The van der Waals surface area contributed by atoms with Crippen molar-refractivity contribution in [3.63, 3.8) is 0 Å². The molecular weight excluding hydrogens is 299 g/mol. The maximum Gasteiger partial charge on any atom is 0.446 e. The summed E-state index contributed by atoms with van der Waals surface area (Å²) in [5.74, 6) is 0. The molecule has 1 fully saturated rings. The first-order valence-electron chi connectivity index (χ1n) is 7.00. The first kappa shape index (κ1) is 16.6. The fourth-order valence-corrected chi connectivity index (χ4v) is 2.90. The Morgan fingerprint density at radius 1 is 1.19 bits per heavy atom. The van der Waals surface area contributed by atoms with Crippen LogP contribution in [0.1, 0.15) is 25.3 Å². The SMILES string of the molecule is CC1(CNCc2ccc(SC(F)(F)F)cc2)CCOCC1. The predicted molar refractivity (Wildman–Crippen MR) is 78.2 cm³/mol. The Balaban J connectivity index is 1.78. The molecule has 0 bridgehead atoms. The smallest absolute Gasteiger partial charge is 0.381 e. The molecule has 6 heteroatoms. The zero-order chi connectivity index (χ0) is 15.3. The van der Waals surface area contributed by atoms with Crippen molar-refractivity contribution in [3.8, 4) is 0 Å². The van der Waals surface area contributed by atoms with Gasteiger partial charge in [-0.3, -0.25) is 0 Å². The predicted octanol–water partition coefficient (Wildman–Crippen LogP) is 4.20. The zero-order valence-corrected chi connectivity index (χ0v) is 12.8. The summed E-state index contributed by atoms with van der Waals surface area (Å²) in [6.07, 6.45) is 2.09. The van der Waals surface area contributed by atoms with Gasteiger partial charge in [-0.05, 0) is 47.7 Å². The number of halogens is 3. The lowest BCUT2D eigenvalue weighted by Gasteiger charge is -2.33. The standard InChI is InChI=1S/C15H20F3NOS/c1-14(6-8-20-9-7-14)11-19-10-12-2-4-13(5-3-12)21-15(16,17)18/h2-5,19H,6-11H2,1H3. The molecule has 0 aliphatic carbocycles. The van der Waals surface area contributed by atoms with E-state index in [2.05, 4.69) is 12.2 Å². The molecule has 21 heavy (non-hydrogen) atoms. The Kier molecular flexibility index (Phi) is 5.57. The molecule has 1 aromatic carbocycles. The van der Waals surface area contributed by atoms with Gasteiger partial charge in [0.05, 0.1) is 0 Å². The summed E-state index contributed by atoms with van der Waals surface area (Å²) >= 11 is -0.0789. The van der Waals surface area contributed by atoms with Crippen LogP contribution < -0.4 is 5.32 Å². The van der Waals surface area contributed by atoms with Crippen LogP contribution in [0.25, 0.3) is 0 Å². The summed E-state index contributed by atoms with van der Waals surface area (Å²) in [7, 11) is 0. The molecule has 2 nitrogen and oxygen atoms in total. The molecule has 0 amide bonds. The topological polar surface area (TPSA) is 21.3 Å². The Morgan fingerprint density at radius 2 is 1.81 bits per heavy atom. The molecule has 0 unspecified atom stereocenters. The van der Waals surface area contributed by atoms with E-state index in [1.54, 1.807) is 12.1 Å². The van der Waals surface area contributed by atoms with E-state index >= 15 is 0 Å². The van der Waals surface area contributed by atoms with Crippen LogP contribution in [0, 0.1) is 5.41 Å². The molecule has 1 saturated heterocycles. The number of benzene rings is 1. The van der Waals surface area contributed by atoms with E-state index in [1.807, 2.05) is 0 Å². The van der Waals surface area contributed by atoms with E-state index in [1.165, 1.54) is 12.1 Å². The minimum absolute atomic E-state index is 0.0789. The Morgan fingerprint density at radius 3 is 2.38 bits per heavy atom. The second-order valence-corrected chi connectivity index (χ2v) is 6.86. The maximum absolute atomic E-state index is 12.2. The minimum atomic E-state index is -4.22. The summed E-state index contributed by atoms with van der Waals surface area (Å²) in [6.45, 7) is 5.43. The van der Waals surface area contributed by atoms with Gasteiger partial charge in [0.25, 0.3) is 0 Å². The van der Waals surface area contributed by atoms with Gasteiger partial charge in [-0.15, -0.1) is 0 Å². The molecule has 0 saturated carbocycles. The fourth-order valence-electron chi connectivity index (χ4n) is 2.36. The lowest BCUT2D eigenvalue weighted by Crippen LogP contribution is -2.36. The normalized spacial score (nSPS) is 18.7. The second kappa shape index (κ2) is 7.03. The number of alkyl halides is 3. The van der Waals surface area contributed by atoms with Crippen molar-refractivity contribution in [1.29, 1.82) is 0 Å². The van der Waals surface area contributed by atoms with Crippen LogP contribution in [0.5, 0.6) is 0 Å². The highest BCUT2D eigenvalue weighted by Gasteiger charge is 2.29. The highest BCUT2D eigenvalue weighted by atomic mass is 32.2. The van der Waals surface area contributed by atoms with Crippen molar-refractivity contribution in [1.82, 2.24) is 5.32 Å². The summed E-state index contributed by atoms with van der Waals surface area (Å²) in [4.78, 5) is 0.225. The van der Waals surface area contributed by atoms with Crippen molar-refractivity contribution in [2.24, 2.45) is 5.41 Å². The van der Waals surface area contributed by atoms with Crippen molar-refractivity contribution >= 4 is 11.8 Å². The highest BCUT2D eigenvalue weighted by molar-refractivity contribution is 8.00. The minimum Gasteiger partial charge on any atom is -0.381 e. The van der Waals surface area contributed by atoms with Gasteiger partial charge in [-0.25, -0.2) is 0 Å². The molecule has 0 spiro atoms. The highest BCUT2D eigenvalue weighted by Crippen LogP contribution is 2.36. The van der Waals surface area contributed by atoms with Crippen LogP contribution in [0.15, 0.2) is 29.2 Å². The molecule has 0 atom stereocenters. The van der Waals surface area contributed by atoms with E-state index in [-0.39, 0.29) is 22.1 Å². The lowest BCUT2D eigenvalue weighted by atomic mass is 9.82. The molecule has 0 radical (unpaired) electrons. The van der Waals surface area contributed by atoms with E-state index < -0.39 is 5.51 Å². The monoisotopic (exact) mass is 319 g/mol. The average molecular weight is 319 g/mol. The molecule has 1 N–H and O–H groups in total. The summed E-state index contributed by atoms with van der Waals surface area (Å²) < 4.78 is 42.1. The summed E-state index contributed by atoms with van der Waals surface area (Å²) in [5, 5.41) is 3.40. The third-order valence-corrected chi connectivity index (χ3v) is 4.48. The van der Waals surface area contributed by atoms with Crippen molar-refractivity contribution in [3.05, 3.63) is 29.8 Å². The van der Waals surface area contributed by atoms with E-state index in [0.29, 0.717) is 6.54 Å². The van der Waals surface area contributed by atoms with Crippen molar-refractivity contribution in [2.75, 3.05) is 19.8 Å². The maximum atomic E-state index is 12.2. The van der Waals surface area contributed by atoms with Gasteiger partial charge in [-0.1, -0.05) is 19.1 Å². The van der Waals surface area contributed by atoms with Gasteiger partial charge in [0.2, 0.25) is 0 Å².